The average Bonchev–Trinajstić information content (AvgIpc) is 2.94. The van der Waals surface area contributed by atoms with Crippen molar-refractivity contribution in [1.29, 1.82) is 0 Å². The second kappa shape index (κ2) is 6.08. The molecule has 0 aromatic carbocycles. The first-order chi connectivity index (χ1) is 7.90. The number of aromatic nitrogens is 2. The van der Waals surface area contributed by atoms with E-state index in [4.69, 9.17) is 0 Å². The molecule has 0 aliphatic heterocycles. The highest BCUT2D eigenvalue weighted by molar-refractivity contribution is 7.15. The second-order valence-electron chi connectivity index (χ2n) is 3.51. The van der Waals surface area contributed by atoms with Crippen LogP contribution in [-0.2, 0) is 6.42 Å². The maximum absolute atomic E-state index is 4.20. The van der Waals surface area contributed by atoms with Crippen molar-refractivity contribution in [3.8, 4) is 10.6 Å². The summed E-state index contributed by atoms with van der Waals surface area (Å²) in [7, 11) is 0. The molecule has 0 atom stereocenters. The standard InChI is InChI=1S/C11H15N3S2/c1-2-5-12-6-3-10-13-14-11(16-10)9-4-7-15-8-9/h4,7-8,12H,2-3,5-6H2,1H3. The van der Waals surface area contributed by atoms with Crippen LogP contribution in [0.3, 0.4) is 0 Å². The lowest BCUT2D eigenvalue weighted by molar-refractivity contribution is 0.668. The fourth-order valence-electron chi connectivity index (χ4n) is 1.35. The van der Waals surface area contributed by atoms with Crippen LogP contribution >= 0.6 is 22.7 Å². The molecule has 0 aliphatic rings. The molecule has 16 heavy (non-hydrogen) atoms. The van der Waals surface area contributed by atoms with Crippen LogP contribution < -0.4 is 5.32 Å². The summed E-state index contributed by atoms with van der Waals surface area (Å²) in [5.41, 5.74) is 1.19. The van der Waals surface area contributed by atoms with Crippen molar-refractivity contribution < 1.29 is 0 Å². The molecule has 0 amide bonds. The number of rotatable bonds is 6. The zero-order chi connectivity index (χ0) is 11.2. The summed E-state index contributed by atoms with van der Waals surface area (Å²) in [5, 5.41) is 18.1. The Hall–Kier alpha value is -0.780. The lowest BCUT2D eigenvalue weighted by Gasteiger charge is -1.98. The zero-order valence-electron chi connectivity index (χ0n) is 9.27. The molecule has 0 saturated carbocycles. The largest absolute Gasteiger partial charge is 0.316 e. The molecule has 1 N–H and O–H groups in total. The summed E-state index contributed by atoms with van der Waals surface area (Å²) in [6.07, 6.45) is 2.15. The van der Waals surface area contributed by atoms with E-state index in [9.17, 15) is 0 Å². The van der Waals surface area contributed by atoms with Crippen molar-refractivity contribution in [2.45, 2.75) is 19.8 Å². The van der Waals surface area contributed by atoms with Gasteiger partial charge in [0.2, 0.25) is 0 Å². The molecule has 0 saturated heterocycles. The third-order valence-electron chi connectivity index (χ3n) is 2.18. The maximum atomic E-state index is 4.20. The van der Waals surface area contributed by atoms with Gasteiger partial charge < -0.3 is 5.32 Å². The van der Waals surface area contributed by atoms with Crippen molar-refractivity contribution in [3.63, 3.8) is 0 Å². The predicted octanol–water partition coefficient (Wildman–Crippen LogP) is 2.81. The molecule has 3 nitrogen and oxygen atoms in total. The predicted molar refractivity (Wildman–Crippen MR) is 70.1 cm³/mol. The van der Waals surface area contributed by atoms with Gasteiger partial charge in [-0.25, -0.2) is 0 Å². The van der Waals surface area contributed by atoms with Crippen LogP contribution in [0.15, 0.2) is 16.8 Å². The summed E-state index contributed by atoms with van der Waals surface area (Å²) in [4.78, 5) is 0. The monoisotopic (exact) mass is 253 g/mol. The van der Waals surface area contributed by atoms with E-state index >= 15 is 0 Å². The number of hydrogen-bond donors (Lipinski definition) is 1. The van der Waals surface area contributed by atoms with Gasteiger partial charge in [-0.3, -0.25) is 0 Å². The molecule has 2 aromatic heterocycles. The summed E-state index contributed by atoms with van der Waals surface area (Å²) >= 11 is 3.39. The van der Waals surface area contributed by atoms with Crippen molar-refractivity contribution in [2.75, 3.05) is 13.1 Å². The van der Waals surface area contributed by atoms with Crippen molar-refractivity contribution in [1.82, 2.24) is 15.5 Å². The van der Waals surface area contributed by atoms with Crippen LogP contribution in [0, 0.1) is 0 Å². The Morgan fingerprint density at radius 1 is 1.31 bits per heavy atom. The van der Waals surface area contributed by atoms with Gasteiger partial charge >= 0.3 is 0 Å². The number of nitrogens with zero attached hydrogens (tertiary/aromatic N) is 2. The number of thiophene rings is 1. The van der Waals surface area contributed by atoms with E-state index in [1.807, 2.05) is 0 Å². The van der Waals surface area contributed by atoms with E-state index in [2.05, 4.69) is 39.3 Å². The van der Waals surface area contributed by atoms with Gasteiger partial charge in [0.15, 0.2) is 0 Å². The molecule has 2 rings (SSSR count). The molecule has 0 fully saturated rings. The van der Waals surface area contributed by atoms with E-state index in [-0.39, 0.29) is 0 Å². The highest BCUT2D eigenvalue weighted by Crippen LogP contribution is 2.25. The van der Waals surface area contributed by atoms with Crippen LogP contribution in [0.1, 0.15) is 18.4 Å². The zero-order valence-corrected chi connectivity index (χ0v) is 10.9. The minimum absolute atomic E-state index is 0.974. The van der Waals surface area contributed by atoms with E-state index < -0.39 is 0 Å². The first-order valence-corrected chi connectivity index (χ1v) is 7.21. The van der Waals surface area contributed by atoms with Crippen molar-refractivity contribution >= 4 is 22.7 Å². The SMILES string of the molecule is CCCNCCc1nnc(-c2ccsc2)s1. The summed E-state index contributed by atoms with van der Waals surface area (Å²) < 4.78 is 0. The number of nitrogens with one attached hydrogen (secondary N) is 1. The topological polar surface area (TPSA) is 37.8 Å². The molecule has 5 heteroatoms. The molecule has 0 unspecified atom stereocenters. The first-order valence-electron chi connectivity index (χ1n) is 5.46. The Balaban J connectivity index is 1.88. The van der Waals surface area contributed by atoms with Gasteiger partial charge in [0.05, 0.1) is 0 Å². The van der Waals surface area contributed by atoms with Gasteiger partial charge in [0.25, 0.3) is 0 Å². The van der Waals surface area contributed by atoms with Gasteiger partial charge in [0, 0.05) is 23.9 Å². The molecule has 0 bridgehead atoms. The van der Waals surface area contributed by atoms with Gasteiger partial charge in [-0.05, 0) is 24.4 Å². The smallest absolute Gasteiger partial charge is 0.148 e. The Morgan fingerprint density at radius 3 is 3.00 bits per heavy atom. The fourth-order valence-corrected chi connectivity index (χ4v) is 2.91. The van der Waals surface area contributed by atoms with E-state index in [0.717, 1.165) is 29.5 Å². The Morgan fingerprint density at radius 2 is 2.25 bits per heavy atom. The molecular formula is C11H15N3S2. The third kappa shape index (κ3) is 3.10. The highest BCUT2D eigenvalue weighted by Gasteiger charge is 2.06. The van der Waals surface area contributed by atoms with Gasteiger partial charge in [-0.15, -0.1) is 10.2 Å². The van der Waals surface area contributed by atoms with Gasteiger partial charge in [-0.2, -0.15) is 11.3 Å². The Labute approximate surface area is 104 Å². The van der Waals surface area contributed by atoms with Gasteiger partial charge in [0.1, 0.15) is 10.0 Å². The Bertz CT molecular complexity index is 409. The molecule has 2 aromatic rings. The van der Waals surface area contributed by atoms with Gasteiger partial charge in [-0.1, -0.05) is 18.3 Å². The van der Waals surface area contributed by atoms with Crippen LogP contribution in [-0.4, -0.2) is 23.3 Å². The summed E-state index contributed by atoms with van der Waals surface area (Å²) in [6.45, 7) is 4.24. The molecule has 0 aliphatic carbocycles. The van der Waals surface area contributed by atoms with Crippen LogP contribution in [0.5, 0.6) is 0 Å². The first kappa shape index (κ1) is 11.7. The molecule has 0 spiro atoms. The minimum Gasteiger partial charge on any atom is -0.316 e. The lowest BCUT2D eigenvalue weighted by Crippen LogP contribution is -2.17. The van der Waals surface area contributed by atoms with Crippen LogP contribution in [0.25, 0.3) is 10.6 Å². The Kier molecular flexibility index (Phi) is 4.44. The van der Waals surface area contributed by atoms with E-state index in [0.29, 0.717) is 0 Å². The van der Waals surface area contributed by atoms with Crippen molar-refractivity contribution in [2.24, 2.45) is 0 Å². The molecule has 2 heterocycles. The summed E-state index contributed by atoms with van der Waals surface area (Å²) in [6, 6.07) is 2.09. The normalized spacial score (nSPS) is 10.8. The lowest BCUT2D eigenvalue weighted by atomic mass is 10.4. The van der Waals surface area contributed by atoms with Crippen LogP contribution in [0.4, 0.5) is 0 Å². The van der Waals surface area contributed by atoms with E-state index in [1.165, 1.54) is 12.0 Å². The minimum atomic E-state index is 0.974. The molecule has 0 radical (unpaired) electrons. The molecular weight excluding hydrogens is 238 g/mol. The highest BCUT2D eigenvalue weighted by atomic mass is 32.1. The second-order valence-corrected chi connectivity index (χ2v) is 5.36. The molecule has 86 valence electrons. The van der Waals surface area contributed by atoms with Crippen molar-refractivity contribution in [3.05, 3.63) is 21.8 Å². The van der Waals surface area contributed by atoms with Crippen LogP contribution in [0.2, 0.25) is 0 Å². The fraction of sp³-hybridized carbons (Fsp3) is 0.455. The number of hydrogen-bond acceptors (Lipinski definition) is 5. The van der Waals surface area contributed by atoms with E-state index in [1.54, 1.807) is 22.7 Å². The average molecular weight is 253 g/mol. The third-order valence-corrected chi connectivity index (χ3v) is 3.89. The maximum Gasteiger partial charge on any atom is 0.148 e. The summed E-state index contributed by atoms with van der Waals surface area (Å²) in [5.74, 6) is 0. The quantitative estimate of drug-likeness (QED) is 0.804.